The van der Waals surface area contributed by atoms with E-state index in [0.29, 0.717) is 6.04 Å². The number of likely N-dealkylation sites (N-methyl/N-ethyl adjacent to an activating group) is 1. The number of benzene rings is 1. The molecule has 0 amide bonds. The highest BCUT2D eigenvalue weighted by molar-refractivity contribution is 7.05. The fraction of sp³-hybridized carbons (Fsp3) is 0.500. The Labute approximate surface area is 125 Å². The normalized spacial score (nSPS) is 12.6. The van der Waals surface area contributed by atoms with Gasteiger partial charge in [0, 0.05) is 6.04 Å². The van der Waals surface area contributed by atoms with E-state index in [2.05, 4.69) is 60.8 Å². The van der Waals surface area contributed by atoms with E-state index in [1.807, 2.05) is 0 Å². The minimum atomic E-state index is 0.316. The third kappa shape index (κ3) is 3.64. The van der Waals surface area contributed by atoms with Crippen molar-refractivity contribution < 1.29 is 0 Å². The Balaban J connectivity index is 2.25. The van der Waals surface area contributed by atoms with Gasteiger partial charge in [0.05, 0.1) is 10.6 Å². The lowest BCUT2D eigenvalue weighted by Crippen LogP contribution is -2.23. The summed E-state index contributed by atoms with van der Waals surface area (Å²) < 4.78 is 4.12. The minimum absolute atomic E-state index is 0.316. The van der Waals surface area contributed by atoms with Crippen molar-refractivity contribution in [3.63, 3.8) is 0 Å². The van der Waals surface area contributed by atoms with Crippen LogP contribution in [0.15, 0.2) is 18.2 Å². The third-order valence-electron chi connectivity index (χ3n) is 3.41. The molecule has 0 fully saturated rings. The van der Waals surface area contributed by atoms with E-state index in [1.54, 1.807) is 0 Å². The SMILES string of the molecule is CCNC(Cc1cc(C)cc(C)c1)c1snnc1CC. The summed E-state index contributed by atoms with van der Waals surface area (Å²) in [7, 11) is 0. The van der Waals surface area contributed by atoms with Gasteiger partial charge >= 0.3 is 0 Å². The summed E-state index contributed by atoms with van der Waals surface area (Å²) in [5.74, 6) is 0. The number of hydrogen-bond donors (Lipinski definition) is 1. The molecule has 2 rings (SSSR count). The molecule has 1 aromatic carbocycles. The van der Waals surface area contributed by atoms with E-state index in [4.69, 9.17) is 0 Å². The second-order valence-electron chi connectivity index (χ2n) is 5.25. The molecule has 0 aliphatic heterocycles. The molecular formula is C16H23N3S. The maximum atomic E-state index is 4.24. The molecule has 1 atom stereocenters. The van der Waals surface area contributed by atoms with Crippen LogP contribution in [0.3, 0.4) is 0 Å². The van der Waals surface area contributed by atoms with E-state index >= 15 is 0 Å². The fourth-order valence-electron chi connectivity index (χ4n) is 2.65. The molecule has 3 nitrogen and oxygen atoms in total. The van der Waals surface area contributed by atoms with Gasteiger partial charge in [0.25, 0.3) is 0 Å². The van der Waals surface area contributed by atoms with Gasteiger partial charge in [-0.15, -0.1) is 5.10 Å². The first-order chi connectivity index (χ1) is 9.63. The van der Waals surface area contributed by atoms with Crippen molar-refractivity contribution in [3.05, 3.63) is 45.5 Å². The lowest BCUT2D eigenvalue weighted by Gasteiger charge is -2.17. The zero-order chi connectivity index (χ0) is 14.5. The molecule has 0 radical (unpaired) electrons. The maximum Gasteiger partial charge on any atom is 0.0801 e. The first-order valence-electron chi connectivity index (χ1n) is 7.25. The highest BCUT2D eigenvalue weighted by atomic mass is 32.1. The molecule has 20 heavy (non-hydrogen) atoms. The van der Waals surface area contributed by atoms with Crippen LogP contribution in [-0.4, -0.2) is 16.1 Å². The van der Waals surface area contributed by atoms with E-state index in [1.165, 1.54) is 33.1 Å². The van der Waals surface area contributed by atoms with Crippen molar-refractivity contribution in [2.45, 2.75) is 46.6 Å². The highest BCUT2D eigenvalue weighted by Gasteiger charge is 2.18. The molecule has 108 valence electrons. The Kier molecular flexibility index (Phi) is 5.26. The fourth-order valence-corrected chi connectivity index (χ4v) is 3.46. The Morgan fingerprint density at radius 1 is 1.15 bits per heavy atom. The van der Waals surface area contributed by atoms with Crippen molar-refractivity contribution in [1.29, 1.82) is 0 Å². The zero-order valence-electron chi connectivity index (χ0n) is 12.7. The summed E-state index contributed by atoms with van der Waals surface area (Å²) in [6.45, 7) is 9.56. The zero-order valence-corrected chi connectivity index (χ0v) is 13.5. The van der Waals surface area contributed by atoms with Crippen molar-refractivity contribution in [2.75, 3.05) is 6.54 Å². The summed E-state index contributed by atoms with van der Waals surface area (Å²) in [5, 5.41) is 7.82. The van der Waals surface area contributed by atoms with Crippen molar-refractivity contribution in [1.82, 2.24) is 14.9 Å². The number of nitrogens with one attached hydrogen (secondary N) is 1. The number of aromatic nitrogens is 2. The second-order valence-corrected chi connectivity index (χ2v) is 6.03. The van der Waals surface area contributed by atoms with Gasteiger partial charge in [-0.1, -0.05) is 47.7 Å². The molecular weight excluding hydrogens is 266 g/mol. The Morgan fingerprint density at radius 2 is 1.85 bits per heavy atom. The first kappa shape index (κ1) is 15.1. The number of rotatable bonds is 6. The molecule has 2 aromatic rings. The van der Waals surface area contributed by atoms with Gasteiger partial charge < -0.3 is 5.32 Å². The molecule has 4 heteroatoms. The van der Waals surface area contributed by atoms with Gasteiger partial charge in [0.15, 0.2) is 0 Å². The van der Waals surface area contributed by atoms with Gasteiger partial charge in [0.1, 0.15) is 0 Å². The lowest BCUT2D eigenvalue weighted by molar-refractivity contribution is 0.553. The number of hydrogen-bond acceptors (Lipinski definition) is 4. The Hall–Kier alpha value is -1.26. The maximum absolute atomic E-state index is 4.24. The monoisotopic (exact) mass is 289 g/mol. The van der Waals surface area contributed by atoms with Crippen LogP contribution in [0.2, 0.25) is 0 Å². The molecule has 0 bridgehead atoms. The largest absolute Gasteiger partial charge is 0.309 e. The highest BCUT2D eigenvalue weighted by Crippen LogP contribution is 2.25. The summed E-state index contributed by atoms with van der Waals surface area (Å²) >= 11 is 1.53. The molecule has 0 saturated heterocycles. The number of aryl methyl sites for hydroxylation is 3. The average molecular weight is 289 g/mol. The summed E-state index contributed by atoms with van der Waals surface area (Å²) in [6, 6.07) is 7.09. The molecule has 1 unspecified atom stereocenters. The quantitative estimate of drug-likeness (QED) is 0.882. The smallest absolute Gasteiger partial charge is 0.0801 e. The van der Waals surface area contributed by atoms with Crippen LogP contribution >= 0.6 is 11.5 Å². The second kappa shape index (κ2) is 6.95. The Morgan fingerprint density at radius 3 is 2.45 bits per heavy atom. The molecule has 1 heterocycles. The molecule has 1 N–H and O–H groups in total. The van der Waals surface area contributed by atoms with Crippen LogP contribution in [0.5, 0.6) is 0 Å². The van der Waals surface area contributed by atoms with Crippen LogP contribution in [-0.2, 0) is 12.8 Å². The van der Waals surface area contributed by atoms with Crippen LogP contribution in [0.1, 0.15) is 47.2 Å². The topological polar surface area (TPSA) is 37.8 Å². The lowest BCUT2D eigenvalue weighted by atomic mass is 9.99. The van der Waals surface area contributed by atoms with E-state index in [0.717, 1.165) is 25.1 Å². The van der Waals surface area contributed by atoms with Gasteiger partial charge in [-0.25, -0.2) is 0 Å². The van der Waals surface area contributed by atoms with Crippen LogP contribution in [0.4, 0.5) is 0 Å². The van der Waals surface area contributed by atoms with Crippen molar-refractivity contribution in [2.24, 2.45) is 0 Å². The van der Waals surface area contributed by atoms with Crippen molar-refractivity contribution in [3.8, 4) is 0 Å². The molecule has 0 saturated carbocycles. The van der Waals surface area contributed by atoms with Gasteiger partial charge in [-0.3, -0.25) is 0 Å². The standard InChI is InChI=1S/C16H23N3S/c1-5-14-16(20-19-18-14)15(17-6-2)10-13-8-11(3)7-12(4)9-13/h7-9,15,17H,5-6,10H2,1-4H3. The van der Waals surface area contributed by atoms with E-state index in [-0.39, 0.29) is 0 Å². The van der Waals surface area contributed by atoms with Crippen LogP contribution in [0, 0.1) is 13.8 Å². The Bertz CT molecular complexity index is 542. The van der Waals surface area contributed by atoms with Gasteiger partial charge in [-0.05, 0) is 50.3 Å². The third-order valence-corrected chi connectivity index (χ3v) is 4.29. The predicted molar refractivity (Wildman–Crippen MR) is 85.3 cm³/mol. The van der Waals surface area contributed by atoms with E-state index < -0.39 is 0 Å². The van der Waals surface area contributed by atoms with Gasteiger partial charge in [0.2, 0.25) is 0 Å². The summed E-state index contributed by atoms with van der Waals surface area (Å²) in [6.07, 6.45) is 1.94. The average Bonchev–Trinajstić information content (AvgIpc) is 2.85. The summed E-state index contributed by atoms with van der Waals surface area (Å²) in [5.41, 5.74) is 5.16. The van der Waals surface area contributed by atoms with Gasteiger partial charge in [-0.2, -0.15) is 0 Å². The molecule has 0 spiro atoms. The predicted octanol–water partition coefficient (Wildman–Crippen LogP) is 3.61. The van der Waals surface area contributed by atoms with Crippen molar-refractivity contribution >= 4 is 11.5 Å². The first-order valence-corrected chi connectivity index (χ1v) is 8.03. The summed E-state index contributed by atoms with van der Waals surface area (Å²) in [4.78, 5) is 1.29. The molecule has 0 aliphatic carbocycles. The molecule has 1 aromatic heterocycles. The van der Waals surface area contributed by atoms with Crippen LogP contribution in [0.25, 0.3) is 0 Å². The van der Waals surface area contributed by atoms with E-state index in [9.17, 15) is 0 Å². The minimum Gasteiger partial charge on any atom is -0.309 e. The van der Waals surface area contributed by atoms with Crippen LogP contribution < -0.4 is 5.32 Å². The molecule has 0 aliphatic rings. The number of nitrogens with zero attached hydrogens (tertiary/aromatic N) is 2.